The highest BCUT2D eigenvalue weighted by Crippen LogP contribution is 2.49. The molecule has 2 aliphatic heterocycles. The number of phosphoric acid groups is 1. The molecule has 18 unspecified atom stereocenters. The molecular weight excluding hydrogens is 1330 g/mol. The van der Waals surface area contributed by atoms with Crippen molar-refractivity contribution in [1.82, 2.24) is 0 Å². The Kier molecular flexibility index (Phi) is 52.1. The molecule has 0 aromatic carbocycles. The molecule has 0 aromatic rings. The Morgan fingerprint density at radius 3 is 1.15 bits per heavy atom. The first-order valence-corrected chi connectivity index (χ1v) is 40.5. The van der Waals surface area contributed by atoms with E-state index in [0.29, 0.717) is 6.42 Å². The lowest BCUT2D eigenvalue weighted by molar-refractivity contribution is -0.360. The van der Waals surface area contributed by atoms with E-state index in [1.807, 2.05) is 12.2 Å². The highest BCUT2D eigenvalue weighted by atomic mass is 31.2. The second kappa shape index (κ2) is 57.1. The maximum absolute atomic E-state index is 14.3. The minimum atomic E-state index is -5.73. The van der Waals surface area contributed by atoms with Crippen molar-refractivity contribution < 1.29 is 117 Å². The van der Waals surface area contributed by atoms with E-state index >= 15 is 0 Å². The summed E-state index contributed by atoms with van der Waals surface area (Å²) in [5, 5.41) is 110. The van der Waals surface area contributed by atoms with Gasteiger partial charge in [0.25, 0.3) is 0 Å². The number of aliphatic hydroxyl groups excluding tert-OH is 10. The number of carbonyl (C=O) groups is 3. The summed E-state index contributed by atoms with van der Waals surface area (Å²) in [5.74, 6) is -2.48. The predicted octanol–water partition coefficient (Wildman–Crippen LogP) is 11.2. The van der Waals surface area contributed by atoms with Crippen molar-refractivity contribution in [1.29, 1.82) is 0 Å². The Balaban J connectivity index is 1.75. The van der Waals surface area contributed by atoms with Crippen LogP contribution < -0.4 is 0 Å². The van der Waals surface area contributed by atoms with Crippen molar-refractivity contribution >= 4 is 25.7 Å². The molecule has 0 radical (unpaired) electrons. The van der Waals surface area contributed by atoms with Gasteiger partial charge in [0.1, 0.15) is 98.7 Å². The molecule has 18 atom stereocenters. The van der Waals surface area contributed by atoms with Gasteiger partial charge in [-0.15, -0.1) is 0 Å². The molecule has 25 heteroatoms. The second-order valence-corrected chi connectivity index (χ2v) is 29.3. The van der Waals surface area contributed by atoms with Crippen molar-refractivity contribution in [3.63, 3.8) is 0 Å². The molecule has 11 N–H and O–H groups in total. The van der Waals surface area contributed by atoms with Crippen LogP contribution in [0.25, 0.3) is 0 Å². The monoisotopic (exact) mass is 1460 g/mol. The lowest BCUT2D eigenvalue weighted by Crippen LogP contribution is -2.69. The molecule has 24 nitrogen and oxygen atoms in total. The van der Waals surface area contributed by atoms with Crippen LogP contribution in [0.2, 0.25) is 0 Å². The van der Waals surface area contributed by atoms with Gasteiger partial charge in [0.2, 0.25) is 0 Å². The third-order valence-corrected chi connectivity index (χ3v) is 20.0. The Morgan fingerprint density at radius 1 is 0.406 bits per heavy atom. The fourth-order valence-electron chi connectivity index (χ4n) is 12.7. The first-order valence-electron chi connectivity index (χ1n) is 39.0. The summed E-state index contributed by atoms with van der Waals surface area (Å²) >= 11 is 0. The summed E-state index contributed by atoms with van der Waals surface area (Å²) in [5.41, 5.74) is 0. The smallest absolute Gasteiger partial charge is 0.460 e. The molecule has 588 valence electrons. The number of phosphoric ester groups is 1. The minimum Gasteiger partial charge on any atom is -0.460 e. The molecule has 1 saturated carbocycles. The average Bonchev–Trinajstić information content (AvgIpc) is 0.760. The molecule has 2 heterocycles. The third-order valence-electron chi connectivity index (χ3n) is 19.0. The van der Waals surface area contributed by atoms with Crippen molar-refractivity contribution in [2.24, 2.45) is 0 Å². The normalized spacial score (nSPS) is 27.4. The molecule has 0 bridgehead atoms. The summed E-state index contributed by atoms with van der Waals surface area (Å²) in [6.07, 6.45) is 22.9. The van der Waals surface area contributed by atoms with Gasteiger partial charge in [-0.1, -0.05) is 282 Å². The van der Waals surface area contributed by atoms with E-state index in [9.17, 15) is 74.9 Å². The molecule has 3 aliphatic rings. The number of rotatable bonds is 60. The average molecular weight is 1460 g/mol. The molecule has 2 saturated heterocycles. The van der Waals surface area contributed by atoms with E-state index in [0.717, 1.165) is 95.6 Å². The van der Waals surface area contributed by atoms with Crippen LogP contribution in [0.4, 0.5) is 0 Å². The zero-order valence-corrected chi connectivity index (χ0v) is 62.3. The third kappa shape index (κ3) is 39.9. The van der Waals surface area contributed by atoms with Crippen LogP contribution in [0.1, 0.15) is 284 Å². The van der Waals surface area contributed by atoms with Crippen LogP contribution in [0.15, 0.2) is 48.6 Å². The first-order chi connectivity index (χ1) is 48.8. The lowest BCUT2D eigenvalue weighted by atomic mass is 9.84. The Bertz CT molecular complexity index is 2270. The van der Waals surface area contributed by atoms with E-state index in [1.54, 1.807) is 12.2 Å². The SMILES string of the molecule is CCCCCCCCCCCCC/C=C/C=C/C(=O)OCC(COP(=O)(O)OC1C(OC2OC(CO)C(O)C(O)C2O)C(O)C(O)C(O)C1OC1OC(COC(=O)/C=C/C=C/CCCCCCCCCCCCC)C(O)C(O)C1O)OC(=O)CCCCCCCCCCCCCCCCCC. The van der Waals surface area contributed by atoms with Crippen LogP contribution in [-0.4, -0.2) is 204 Å². The highest BCUT2D eigenvalue weighted by Gasteiger charge is 2.58. The summed E-state index contributed by atoms with van der Waals surface area (Å²) in [7, 11) is -5.73. The number of aliphatic hydroxyl groups is 10. The number of hydrogen-bond acceptors (Lipinski definition) is 23. The second-order valence-electron chi connectivity index (χ2n) is 27.9. The van der Waals surface area contributed by atoms with E-state index in [-0.39, 0.29) is 6.42 Å². The van der Waals surface area contributed by atoms with Gasteiger partial charge >= 0.3 is 25.7 Å². The minimum absolute atomic E-state index is 0.0610. The Hall–Kier alpha value is -3.08. The van der Waals surface area contributed by atoms with Gasteiger partial charge in [0, 0.05) is 18.6 Å². The van der Waals surface area contributed by atoms with Gasteiger partial charge in [0.05, 0.1) is 13.2 Å². The number of esters is 3. The van der Waals surface area contributed by atoms with E-state index < -0.39 is 156 Å². The summed E-state index contributed by atoms with van der Waals surface area (Å²) in [4.78, 5) is 50.8. The molecule has 3 fully saturated rings. The number of ether oxygens (including phenoxy) is 7. The molecule has 1 aliphatic carbocycles. The van der Waals surface area contributed by atoms with Gasteiger partial charge < -0.3 is 89.1 Å². The molecule has 0 spiro atoms. The first kappa shape index (κ1) is 92.1. The molecule has 3 rings (SSSR count). The maximum atomic E-state index is 14.3. The van der Waals surface area contributed by atoms with Crippen molar-refractivity contribution in [3.8, 4) is 0 Å². The lowest BCUT2D eigenvalue weighted by Gasteiger charge is -2.49. The molecule has 101 heavy (non-hydrogen) atoms. The van der Waals surface area contributed by atoms with Crippen molar-refractivity contribution in [2.75, 3.05) is 26.4 Å². The summed E-state index contributed by atoms with van der Waals surface area (Å²) in [6.45, 7) is 3.26. The van der Waals surface area contributed by atoms with Crippen LogP contribution in [0.3, 0.4) is 0 Å². The van der Waals surface area contributed by atoms with Crippen LogP contribution in [0, 0.1) is 0 Å². The van der Waals surface area contributed by atoms with Gasteiger partial charge in [-0.2, -0.15) is 0 Å². The van der Waals surface area contributed by atoms with Gasteiger partial charge in [-0.05, 0) is 32.1 Å². The Labute approximate surface area is 603 Å². The summed E-state index contributed by atoms with van der Waals surface area (Å²) < 4.78 is 64.7. The number of allylic oxidation sites excluding steroid dienone is 6. The highest BCUT2D eigenvalue weighted by molar-refractivity contribution is 7.47. The molecule has 0 amide bonds. The van der Waals surface area contributed by atoms with Gasteiger partial charge in [-0.25, -0.2) is 14.2 Å². The molecular formula is C76H135O24P. The topological polar surface area (TPSA) is 374 Å². The standard InChI is InChI=1S/C76H135O24P/c1-4-7-10-13-16-19-22-25-28-31-34-37-40-43-46-49-52-62(80)95-57(54-92-60(78)50-47-44-41-38-35-32-29-26-23-20-17-14-11-8-5-2)55-94-101(90,91)100-74-72(98-75-70(88)65(83)63(81)58(53-77)96-75)68(86)67(85)69(87)73(74)99-76-71(89)66(84)64(82)59(97-76)56-93-61(79)51-48-45-42-39-36-33-30-27-24-21-18-15-12-9-6-3/h41-42,44-45,47-48,50-51,57-59,63-77,81-89H,4-40,43,46,49,52-56H2,1-3H3,(H,90,91)/b44-41+,45-42+,50-47+,51-48+. The fourth-order valence-corrected chi connectivity index (χ4v) is 13.7. The van der Waals surface area contributed by atoms with E-state index in [2.05, 4.69) is 20.8 Å². The van der Waals surface area contributed by atoms with Crippen LogP contribution in [0.5, 0.6) is 0 Å². The zero-order chi connectivity index (χ0) is 73.9. The number of carbonyl (C=O) groups excluding carboxylic acids is 3. The van der Waals surface area contributed by atoms with Crippen LogP contribution in [-0.2, 0) is 61.2 Å². The fraction of sp³-hybridized carbons (Fsp3) is 0.855. The predicted molar refractivity (Wildman–Crippen MR) is 384 cm³/mol. The van der Waals surface area contributed by atoms with Crippen LogP contribution >= 0.6 is 7.82 Å². The van der Waals surface area contributed by atoms with Gasteiger partial charge in [-0.3, -0.25) is 13.8 Å². The van der Waals surface area contributed by atoms with Crippen molar-refractivity contribution in [3.05, 3.63) is 48.6 Å². The largest absolute Gasteiger partial charge is 0.472 e. The molecule has 0 aromatic heterocycles. The maximum Gasteiger partial charge on any atom is 0.472 e. The van der Waals surface area contributed by atoms with E-state index in [1.165, 1.54) is 179 Å². The zero-order valence-electron chi connectivity index (χ0n) is 61.4. The van der Waals surface area contributed by atoms with Gasteiger partial charge in [0.15, 0.2) is 18.7 Å². The number of unbranched alkanes of at least 4 members (excludes halogenated alkanes) is 37. The van der Waals surface area contributed by atoms with Crippen molar-refractivity contribution in [2.45, 2.75) is 388 Å². The summed E-state index contributed by atoms with van der Waals surface area (Å²) in [6, 6.07) is 0. The Morgan fingerprint density at radius 2 is 0.752 bits per heavy atom. The number of hydrogen-bond donors (Lipinski definition) is 11. The quantitative estimate of drug-likeness (QED) is 0.00673. The van der Waals surface area contributed by atoms with E-state index in [4.69, 9.17) is 42.2 Å².